The molecule has 0 saturated heterocycles. The summed E-state index contributed by atoms with van der Waals surface area (Å²) >= 11 is 0. The van der Waals surface area contributed by atoms with Gasteiger partial charge in [-0.3, -0.25) is 0 Å². The van der Waals surface area contributed by atoms with Crippen molar-refractivity contribution in [3.8, 4) is 0 Å². The molecule has 0 aliphatic carbocycles. The second kappa shape index (κ2) is 5.79. The fourth-order valence-corrected chi connectivity index (χ4v) is 1.99. The molecule has 0 spiro atoms. The molecule has 5 heteroatoms. The summed E-state index contributed by atoms with van der Waals surface area (Å²) in [7, 11) is 0. The van der Waals surface area contributed by atoms with E-state index in [0.29, 0.717) is 6.54 Å². The second-order valence-corrected chi connectivity index (χ2v) is 6.16. The first-order valence-corrected chi connectivity index (χ1v) is 7.18. The molecule has 1 unspecified atom stereocenters. The zero-order valence-electron chi connectivity index (χ0n) is 12.7. The topological polar surface area (TPSA) is 62.5 Å². The summed E-state index contributed by atoms with van der Waals surface area (Å²) in [6.07, 6.45) is 4.85. The average Bonchev–Trinajstić information content (AvgIpc) is 2.83. The van der Waals surface area contributed by atoms with Crippen molar-refractivity contribution in [2.45, 2.75) is 52.1 Å². The van der Waals surface area contributed by atoms with Crippen molar-refractivity contribution in [3.05, 3.63) is 24.2 Å². The van der Waals surface area contributed by atoms with E-state index < -0.39 is 0 Å². The van der Waals surface area contributed by atoms with Gasteiger partial charge in [0, 0.05) is 24.4 Å². The highest BCUT2D eigenvalue weighted by atomic mass is 16.3. The monoisotopic (exact) mass is 276 g/mol. The molecule has 0 fully saturated rings. The van der Waals surface area contributed by atoms with Gasteiger partial charge in [0.1, 0.15) is 5.52 Å². The molecule has 0 amide bonds. The van der Waals surface area contributed by atoms with Gasteiger partial charge in [0.2, 0.25) is 0 Å². The molecule has 2 N–H and O–H groups in total. The Bertz CT molecular complexity index is 571. The Morgan fingerprint density at radius 3 is 2.80 bits per heavy atom. The summed E-state index contributed by atoms with van der Waals surface area (Å²) in [5, 5.41) is 17.5. The van der Waals surface area contributed by atoms with Crippen LogP contribution in [0.1, 0.15) is 46.2 Å². The van der Waals surface area contributed by atoms with Crippen LogP contribution in [0.3, 0.4) is 0 Å². The van der Waals surface area contributed by atoms with E-state index in [1.807, 2.05) is 17.6 Å². The molecular weight excluding hydrogens is 252 g/mol. The van der Waals surface area contributed by atoms with Crippen LogP contribution < -0.4 is 5.32 Å². The highest BCUT2D eigenvalue weighted by molar-refractivity contribution is 5.68. The van der Waals surface area contributed by atoms with Crippen LogP contribution in [-0.2, 0) is 5.41 Å². The third kappa shape index (κ3) is 3.28. The Balaban J connectivity index is 2.19. The molecule has 0 aliphatic rings. The van der Waals surface area contributed by atoms with Crippen molar-refractivity contribution >= 4 is 11.3 Å². The molecule has 2 rings (SSSR count). The largest absolute Gasteiger partial charge is 0.393 e. The minimum atomic E-state index is -0.253. The van der Waals surface area contributed by atoms with E-state index in [1.54, 1.807) is 6.20 Å². The molecule has 2 heterocycles. The number of aliphatic hydroxyl groups is 1. The summed E-state index contributed by atoms with van der Waals surface area (Å²) in [6.45, 7) is 9.13. The van der Waals surface area contributed by atoms with Crippen molar-refractivity contribution in [1.29, 1.82) is 0 Å². The molecule has 0 aromatic carbocycles. The fraction of sp³-hybridized carbons (Fsp3) is 0.600. The van der Waals surface area contributed by atoms with Gasteiger partial charge in [-0.25, -0.2) is 9.50 Å². The van der Waals surface area contributed by atoms with E-state index in [1.165, 1.54) is 0 Å². The number of aromatic nitrogens is 3. The van der Waals surface area contributed by atoms with Gasteiger partial charge in [0.15, 0.2) is 5.82 Å². The maximum Gasteiger partial charge on any atom is 0.152 e. The van der Waals surface area contributed by atoms with E-state index in [4.69, 9.17) is 0 Å². The van der Waals surface area contributed by atoms with Crippen LogP contribution in [0.5, 0.6) is 0 Å². The molecule has 0 radical (unpaired) electrons. The van der Waals surface area contributed by atoms with Crippen LogP contribution in [-0.4, -0.2) is 32.4 Å². The molecule has 2 aromatic rings. The third-order valence-corrected chi connectivity index (χ3v) is 3.40. The summed E-state index contributed by atoms with van der Waals surface area (Å²) in [5.74, 6) is 0.818. The third-order valence-electron chi connectivity index (χ3n) is 3.40. The summed E-state index contributed by atoms with van der Waals surface area (Å²) in [4.78, 5) is 4.37. The number of fused-ring (bicyclic) bond motifs is 1. The Labute approximate surface area is 120 Å². The van der Waals surface area contributed by atoms with Gasteiger partial charge < -0.3 is 10.4 Å². The summed E-state index contributed by atoms with van der Waals surface area (Å²) in [5.41, 5.74) is 2.03. The first-order valence-electron chi connectivity index (χ1n) is 7.18. The quantitative estimate of drug-likeness (QED) is 0.881. The number of anilines is 1. The van der Waals surface area contributed by atoms with Gasteiger partial charge in [0.25, 0.3) is 0 Å². The van der Waals surface area contributed by atoms with Gasteiger partial charge in [-0.05, 0) is 18.9 Å². The Hall–Kier alpha value is -1.62. The Kier molecular flexibility index (Phi) is 4.28. The number of nitrogens with one attached hydrogen (secondary N) is 1. The van der Waals surface area contributed by atoms with Gasteiger partial charge in [-0.1, -0.05) is 27.7 Å². The maximum atomic E-state index is 9.58. The van der Waals surface area contributed by atoms with E-state index >= 15 is 0 Å². The second-order valence-electron chi connectivity index (χ2n) is 6.16. The number of rotatable bonds is 5. The van der Waals surface area contributed by atoms with Crippen LogP contribution in [0, 0.1) is 0 Å². The van der Waals surface area contributed by atoms with Gasteiger partial charge in [0.05, 0.1) is 11.8 Å². The molecular formula is C15H24N4O. The zero-order chi connectivity index (χ0) is 14.8. The Morgan fingerprint density at radius 1 is 1.40 bits per heavy atom. The van der Waals surface area contributed by atoms with Gasteiger partial charge >= 0.3 is 0 Å². The average molecular weight is 276 g/mol. The molecule has 5 nitrogen and oxygen atoms in total. The maximum absolute atomic E-state index is 9.58. The SMILES string of the molecule is CCC(O)CCNc1nccn2nc(C(C)(C)C)cc12. The fourth-order valence-electron chi connectivity index (χ4n) is 1.99. The van der Waals surface area contributed by atoms with Crippen molar-refractivity contribution in [2.75, 3.05) is 11.9 Å². The van der Waals surface area contributed by atoms with Crippen molar-refractivity contribution < 1.29 is 5.11 Å². The minimum absolute atomic E-state index is 0.0156. The van der Waals surface area contributed by atoms with E-state index in [9.17, 15) is 5.11 Å². The first kappa shape index (κ1) is 14.8. The van der Waals surface area contributed by atoms with Crippen LogP contribution >= 0.6 is 0 Å². The zero-order valence-corrected chi connectivity index (χ0v) is 12.7. The molecule has 0 saturated carbocycles. The minimum Gasteiger partial charge on any atom is -0.393 e. The van der Waals surface area contributed by atoms with Gasteiger partial charge in [-0.2, -0.15) is 5.10 Å². The predicted molar refractivity (Wildman–Crippen MR) is 81.1 cm³/mol. The number of hydrogen-bond acceptors (Lipinski definition) is 4. The lowest BCUT2D eigenvalue weighted by atomic mass is 9.92. The number of aliphatic hydroxyl groups excluding tert-OH is 1. The van der Waals surface area contributed by atoms with Gasteiger partial charge in [-0.15, -0.1) is 0 Å². The molecule has 0 bridgehead atoms. The van der Waals surface area contributed by atoms with Crippen LogP contribution in [0.15, 0.2) is 18.5 Å². The first-order chi connectivity index (χ1) is 9.41. The highest BCUT2D eigenvalue weighted by Crippen LogP contribution is 2.24. The van der Waals surface area contributed by atoms with Crippen molar-refractivity contribution in [1.82, 2.24) is 14.6 Å². The van der Waals surface area contributed by atoms with Crippen molar-refractivity contribution in [2.24, 2.45) is 0 Å². The molecule has 1 atom stereocenters. The molecule has 2 aromatic heterocycles. The predicted octanol–water partition coefficient (Wildman–Crippen LogP) is 2.60. The number of nitrogens with zero attached hydrogens (tertiary/aromatic N) is 3. The van der Waals surface area contributed by atoms with Crippen LogP contribution in [0.2, 0.25) is 0 Å². The van der Waals surface area contributed by atoms with E-state index in [-0.39, 0.29) is 11.5 Å². The lowest BCUT2D eigenvalue weighted by molar-refractivity contribution is 0.164. The number of hydrogen-bond donors (Lipinski definition) is 2. The Morgan fingerprint density at radius 2 is 2.15 bits per heavy atom. The molecule has 20 heavy (non-hydrogen) atoms. The van der Waals surface area contributed by atoms with Crippen LogP contribution in [0.4, 0.5) is 5.82 Å². The summed E-state index contributed by atoms with van der Waals surface area (Å²) < 4.78 is 1.85. The lowest BCUT2D eigenvalue weighted by Gasteiger charge is -2.13. The highest BCUT2D eigenvalue weighted by Gasteiger charge is 2.19. The smallest absolute Gasteiger partial charge is 0.152 e. The standard InChI is InChI=1S/C15H24N4O/c1-5-11(20)6-7-16-14-12-10-13(15(2,3)4)18-19(12)9-8-17-14/h8-11,20H,5-7H2,1-4H3,(H,16,17). The molecule has 110 valence electrons. The van der Waals surface area contributed by atoms with Crippen molar-refractivity contribution in [3.63, 3.8) is 0 Å². The van der Waals surface area contributed by atoms with Crippen LogP contribution in [0.25, 0.3) is 5.52 Å². The summed E-state index contributed by atoms with van der Waals surface area (Å²) in [6, 6.07) is 2.07. The molecule has 0 aliphatic heterocycles. The normalized spacial score (nSPS) is 13.7. The van der Waals surface area contributed by atoms with E-state index in [2.05, 4.69) is 42.2 Å². The van der Waals surface area contributed by atoms with E-state index in [0.717, 1.165) is 29.9 Å². The lowest BCUT2D eigenvalue weighted by Crippen LogP contribution is -2.13.